The lowest BCUT2D eigenvalue weighted by molar-refractivity contribution is 0.0990. The Labute approximate surface area is 148 Å². The van der Waals surface area contributed by atoms with Gasteiger partial charge in [0, 0.05) is 36.0 Å². The van der Waals surface area contributed by atoms with Gasteiger partial charge in [-0.05, 0) is 29.8 Å². The van der Waals surface area contributed by atoms with Gasteiger partial charge in [-0.2, -0.15) is 4.98 Å². The second-order valence-electron chi connectivity index (χ2n) is 6.55. The molecule has 5 heteroatoms. The minimum Gasteiger partial charge on any atom is -0.435 e. The van der Waals surface area contributed by atoms with E-state index in [1.165, 1.54) is 6.08 Å². The summed E-state index contributed by atoms with van der Waals surface area (Å²) in [6, 6.07) is 13.1. The second kappa shape index (κ2) is 5.02. The number of aromatic nitrogens is 2. The zero-order valence-electron chi connectivity index (χ0n) is 14.2. The van der Waals surface area contributed by atoms with E-state index in [9.17, 15) is 9.59 Å². The van der Waals surface area contributed by atoms with E-state index in [-0.39, 0.29) is 23.0 Å². The number of Topliss-reactive ketones (excluding diaryl/α,β-unsaturated/α-hetero) is 2. The predicted octanol–water partition coefficient (Wildman–Crippen LogP) is 4.09. The third-order valence-corrected chi connectivity index (χ3v) is 4.97. The van der Waals surface area contributed by atoms with E-state index in [0.29, 0.717) is 22.4 Å². The topological polar surface area (TPSA) is 65.1 Å². The first-order chi connectivity index (χ1) is 12.5. The summed E-state index contributed by atoms with van der Waals surface area (Å²) in [4.78, 5) is 29.9. The molecule has 0 bridgehead atoms. The molecule has 0 saturated heterocycles. The largest absolute Gasteiger partial charge is 0.435 e. The van der Waals surface area contributed by atoms with Gasteiger partial charge in [-0.3, -0.25) is 9.59 Å². The summed E-state index contributed by atoms with van der Waals surface area (Å²) in [6.07, 6.45) is 1.45. The van der Waals surface area contributed by atoms with Crippen molar-refractivity contribution in [2.45, 2.75) is 6.92 Å². The summed E-state index contributed by atoms with van der Waals surface area (Å²) in [7, 11) is 1.89. The van der Waals surface area contributed by atoms with Gasteiger partial charge in [-0.15, -0.1) is 0 Å². The normalized spacial score (nSPS) is 13.8. The minimum atomic E-state index is -0.283. The Morgan fingerprint density at radius 3 is 2.19 bits per heavy atom. The van der Waals surface area contributed by atoms with Crippen LogP contribution in [0.1, 0.15) is 32.3 Å². The Morgan fingerprint density at radius 1 is 1.00 bits per heavy atom. The van der Waals surface area contributed by atoms with Crippen LogP contribution in [0.25, 0.3) is 28.1 Å². The molecule has 2 aromatic heterocycles. The highest BCUT2D eigenvalue weighted by Gasteiger charge is 2.34. The zero-order chi connectivity index (χ0) is 18.0. The molecule has 0 unspecified atom stereocenters. The van der Waals surface area contributed by atoms with Gasteiger partial charge < -0.3 is 8.98 Å². The lowest BCUT2D eigenvalue weighted by Gasteiger charge is -2.00. The fourth-order valence-electron chi connectivity index (χ4n) is 3.45. The number of nitrogens with zero attached hydrogens (tertiary/aromatic N) is 2. The monoisotopic (exact) mass is 342 g/mol. The van der Waals surface area contributed by atoms with Crippen LogP contribution >= 0.6 is 0 Å². The smallest absolute Gasteiger partial charge is 0.222 e. The Bertz CT molecular complexity index is 1230. The van der Waals surface area contributed by atoms with Crippen LogP contribution in [0.3, 0.4) is 0 Å². The molecule has 0 radical (unpaired) electrons. The highest BCUT2D eigenvalue weighted by Crippen LogP contribution is 2.32. The number of allylic oxidation sites excluding steroid dienone is 1. The van der Waals surface area contributed by atoms with E-state index in [1.807, 2.05) is 48.9 Å². The molecular weight excluding hydrogens is 328 g/mol. The Hall–Kier alpha value is -3.47. The number of hydrogen-bond acceptors (Lipinski definition) is 4. The molecular formula is C21H14N2O3. The van der Waals surface area contributed by atoms with Crippen molar-refractivity contribution in [3.05, 3.63) is 70.7 Å². The molecule has 1 aliphatic rings. The number of aryl methyl sites for hydroxylation is 2. The maximum Gasteiger partial charge on any atom is 0.222 e. The van der Waals surface area contributed by atoms with E-state index in [1.54, 1.807) is 12.1 Å². The number of fused-ring (bicyclic) bond motifs is 3. The van der Waals surface area contributed by atoms with Gasteiger partial charge in [0.15, 0.2) is 22.8 Å². The van der Waals surface area contributed by atoms with E-state index >= 15 is 0 Å². The van der Waals surface area contributed by atoms with Crippen molar-refractivity contribution < 1.29 is 14.0 Å². The molecule has 2 heterocycles. The summed E-state index contributed by atoms with van der Waals surface area (Å²) in [6.45, 7) is 1.96. The summed E-state index contributed by atoms with van der Waals surface area (Å²) in [5.74, 6) is -0.303. The van der Waals surface area contributed by atoms with E-state index in [4.69, 9.17) is 4.42 Å². The van der Waals surface area contributed by atoms with Gasteiger partial charge in [0.1, 0.15) is 0 Å². The van der Waals surface area contributed by atoms with Gasteiger partial charge in [0.05, 0.1) is 5.57 Å². The van der Waals surface area contributed by atoms with Crippen molar-refractivity contribution in [2.75, 3.05) is 0 Å². The number of benzene rings is 2. The molecule has 26 heavy (non-hydrogen) atoms. The lowest BCUT2D eigenvalue weighted by atomic mass is 10.0. The van der Waals surface area contributed by atoms with Gasteiger partial charge in [-0.25, -0.2) is 0 Å². The van der Waals surface area contributed by atoms with Crippen molar-refractivity contribution in [1.29, 1.82) is 0 Å². The molecule has 2 aromatic carbocycles. The number of carbonyl (C=O) groups excluding carboxylic acids is 2. The molecule has 0 amide bonds. The number of ketones is 2. The third kappa shape index (κ3) is 1.94. The highest BCUT2D eigenvalue weighted by atomic mass is 16.3. The fraction of sp³-hybridized carbons (Fsp3) is 0.0952. The van der Waals surface area contributed by atoms with Crippen LogP contribution in [-0.2, 0) is 7.05 Å². The lowest BCUT2D eigenvalue weighted by Crippen LogP contribution is -2.00. The van der Waals surface area contributed by atoms with Gasteiger partial charge in [0.25, 0.3) is 0 Å². The Morgan fingerprint density at radius 2 is 1.62 bits per heavy atom. The maximum absolute atomic E-state index is 12.8. The second-order valence-corrected chi connectivity index (χ2v) is 6.55. The standard InChI is InChI=1S/C21H14N2O3/c1-11-7-17-21(23(11)2)22-18(26-17)10-16-19(24)14-8-12-5-3-4-6-13(12)9-15(14)20(16)25/h3-10H,1-2H3. The summed E-state index contributed by atoms with van der Waals surface area (Å²) in [5, 5.41) is 1.87. The van der Waals surface area contributed by atoms with Crippen LogP contribution in [0.4, 0.5) is 0 Å². The van der Waals surface area contributed by atoms with Crippen molar-refractivity contribution in [3.8, 4) is 0 Å². The fourth-order valence-corrected chi connectivity index (χ4v) is 3.45. The van der Waals surface area contributed by atoms with Crippen molar-refractivity contribution in [3.63, 3.8) is 0 Å². The van der Waals surface area contributed by atoms with E-state index < -0.39 is 0 Å². The molecule has 5 rings (SSSR count). The van der Waals surface area contributed by atoms with Crippen LogP contribution in [0, 0.1) is 6.92 Å². The SMILES string of the molecule is Cc1cc2oc(C=C3C(=O)c4cc5ccccc5cc4C3=O)nc2n1C. The molecule has 5 nitrogen and oxygen atoms in total. The van der Waals surface area contributed by atoms with Crippen molar-refractivity contribution in [2.24, 2.45) is 7.05 Å². The van der Waals surface area contributed by atoms with Crippen LogP contribution in [0.2, 0.25) is 0 Å². The van der Waals surface area contributed by atoms with Crippen LogP contribution < -0.4 is 0 Å². The molecule has 4 aromatic rings. The average molecular weight is 342 g/mol. The molecule has 126 valence electrons. The summed E-state index contributed by atoms with van der Waals surface area (Å²) < 4.78 is 7.60. The highest BCUT2D eigenvalue weighted by molar-refractivity contribution is 6.41. The molecule has 0 spiro atoms. The van der Waals surface area contributed by atoms with Crippen molar-refractivity contribution in [1.82, 2.24) is 9.55 Å². The van der Waals surface area contributed by atoms with E-state index in [0.717, 1.165) is 16.5 Å². The molecule has 0 fully saturated rings. The maximum atomic E-state index is 12.8. The third-order valence-electron chi connectivity index (χ3n) is 4.97. The molecule has 0 saturated carbocycles. The number of rotatable bonds is 1. The number of carbonyl (C=O) groups is 2. The van der Waals surface area contributed by atoms with Crippen molar-refractivity contribution >= 4 is 39.6 Å². The van der Waals surface area contributed by atoms with Gasteiger partial charge in [0.2, 0.25) is 5.89 Å². The zero-order valence-corrected chi connectivity index (χ0v) is 14.2. The Balaban J connectivity index is 1.64. The van der Waals surface area contributed by atoms with Gasteiger partial charge >= 0.3 is 0 Å². The van der Waals surface area contributed by atoms with Crippen LogP contribution in [0.15, 0.2) is 52.5 Å². The average Bonchev–Trinajstić information content (AvgIpc) is 3.22. The number of hydrogen-bond donors (Lipinski definition) is 0. The summed E-state index contributed by atoms with van der Waals surface area (Å²) in [5.41, 5.74) is 3.32. The number of oxazole rings is 1. The molecule has 1 aliphatic carbocycles. The van der Waals surface area contributed by atoms with Crippen LogP contribution in [0.5, 0.6) is 0 Å². The predicted molar refractivity (Wildman–Crippen MR) is 98.3 cm³/mol. The quantitative estimate of drug-likeness (QED) is 0.386. The first-order valence-electron chi connectivity index (χ1n) is 8.29. The van der Waals surface area contributed by atoms with E-state index in [2.05, 4.69) is 4.98 Å². The van der Waals surface area contributed by atoms with Gasteiger partial charge in [-0.1, -0.05) is 24.3 Å². The molecule has 0 N–H and O–H groups in total. The molecule has 0 aliphatic heterocycles. The Kier molecular flexibility index (Phi) is 2.86. The first-order valence-corrected chi connectivity index (χ1v) is 8.29. The minimum absolute atomic E-state index is 0.0959. The first kappa shape index (κ1) is 14.8. The van der Waals surface area contributed by atoms with Crippen LogP contribution in [-0.4, -0.2) is 21.1 Å². The molecule has 0 atom stereocenters. The summed E-state index contributed by atoms with van der Waals surface area (Å²) >= 11 is 0.